The Morgan fingerprint density at radius 3 is 2.61 bits per heavy atom. The predicted octanol–water partition coefficient (Wildman–Crippen LogP) is 3.06. The van der Waals surface area contributed by atoms with E-state index in [9.17, 15) is 4.79 Å². The molecule has 1 aromatic heterocycles. The van der Waals surface area contributed by atoms with E-state index in [1.54, 1.807) is 6.07 Å². The highest BCUT2D eigenvalue weighted by atomic mass is 16.1. The van der Waals surface area contributed by atoms with Gasteiger partial charge in [0.1, 0.15) is 5.82 Å². The maximum Gasteiger partial charge on any atom is 0.251 e. The molecule has 0 unspecified atom stereocenters. The Morgan fingerprint density at radius 1 is 1.26 bits per heavy atom. The zero-order valence-corrected chi connectivity index (χ0v) is 14.0. The van der Waals surface area contributed by atoms with E-state index in [1.165, 1.54) is 5.56 Å². The third-order valence-electron chi connectivity index (χ3n) is 4.79. The van der Waals surface area contributed by atoms with E-state index in [0.717, 1.165) is 38.2 Å². The summed E-state index contributed by atoms with van der Waals surface area (Å²) in [4.78, 5) is 21.4. The van der Waals surface area contributed by atoms with Gasteiger partial charge in [-0.1, -0.05) is 37.3 Å². The Morgan fingerprint density at radius 2 is 1.96 bits per heavy atom. The first-order valence-electron chi connectivity index (χ1n) is 8.47. The molecule has 0 saturated carbocycles. The Balaban J connectivity index is 1.57. The van der Waals surface area contributed by atoms with E-state index in [1.807, 2.05) is 6.92 Å². The monoisotopic (exact) mass is 311 g/mol. The van der Waals surface area contributed by atoms with Gasteiger partial charge in [0.25, 0.3) is 5.56 Å². The van der Waals surface area contributed by atoms with Crippen LogP contribution in [-0.2, 0) is 0 Å². The van der Waals surface area contributed by atoms with Gasteiger partial charge in [0.05, 0.1) is 5.69 Å². The van der Waals surface area contributed by atoms with E-state index in [2.05, 4.69) is 52.1 Å². The minimum absolute atomic E-state index is 0.0346. The van der Waals surface area contributed by atoms with Crippen molar-refractivity contribution < 1.29 is 0 Å². The number of hydrogen-bond donors (Lipinski definition) is 1. The van der Waals surface area contributed by atoms with E-state index >= 15 is 0 Å². The highest BCUT2D eigenvalue weighted by molar-refractivity contribution is 5.19. The molecule has 1 aliphatic heterocycles. The molecule has 2 heterocycles. The second kappa shape index (κ2) is 7.09. The van der Waals surface area contributed by atoms with Crippen molar-refractivity contribution in [1.82, 2.24) is 14.9 Å². The van der Waals surface area contributed by atoms with Crippen LogP contribution in [0.4, 0.5) is 0 Å². The normalized spacial score (nSPS) is 18.0. The van der Waals surface area contributed by atoms with Crippen molar-refractivity contribution in [2.24, 2.45) is 0 Å². The molecule has 1 aliphatic rings. The maximum absolute atomic E-state index is 11.6. The lowest BCUT2D eigenvalue weighted by molar-refractivity contribution is 0.202. The molecule has 0 bridgehead atoms. The molecule has 4 heteroatoms. The standard InChI is InChI=1S/C19H25N3O/c1-14(16-6-4-3-5-7-16)13-22-10-8-17(9-11-22)18-12-19(23)21-15(2)20-18/h3-7,12,14,17H,8-11,13H2,1-2H3,(H,20,21,23)/t14-/m0/s1. The highest BCUT2D eigenvalue weighted by Gasteiger charge is 2.23. The molecule has 1 atom stereocenters. The Bertz CT molecular complexity index is 687. The molecule has 1 aromatic carbocycles. The van der Waals surface area contributed by atoms with Crippen molar-refractivity contribution in [2.75, 3.05) is 19.6 Å². The van der Waals surface area contributed by atoms with Crippen molar-refractivity contribution in [2.45, 2.75) is 38.5 Å². The first-order chi connectivity index (χ1) is 11.1. The zero-order chi connectivity index (χ0) is 16.2. The lowest BCUT2D eigenvalue weighted by Gasteiger charge is -2.33. The Labute approximate surface area is 137 Å². The number of benzene rings is 1. The minimum Gasteiger partial charge on any atom is -0.311 e. The van der Waals surface area contributed by atoms with Crippen LogP contribution in [0.3, 0.4) is 0 Å². The van der Waals surface area contributed by atoms with Crippen LogP contribution in [0, 0.1) is 6.92 Å². The molecule has 23 heavy (non-hydrogen) atoms. The molecule has 4 nitrogen and oxygen atoms in total. The summed E-state index contributed by atoms with van der Waals surface area (Å²) in [7, 11) is 0. The number of piperidine rings is 1. The molecule has 2 aromatic rings. The van der Waals surface area contributed by atoms with Crippen molar-refractivity contribution in [3.05, 3.63) is 63.8 Å². The number of aromatic amines is 1. The second-order valence-electron chi connectivity index (χ2n) is 6.64. The summed E-state index contributed by atoms with van der Waals surface area (Å²) in [5.74, 6) is 1.68. The van der Waals surface area contributed by atoms with Crippen molar-refractivity contribution in [3.63, 3.8) is 0 Å². The first-order valence-corrected chi connectivity index (χ1v) is 8.47. The number of likely N-dealkylation sites (tertiary alicyclic amines) is 1. The molecule has 0 aliphatic carbocycles. The summed E-state index contributed by atoms with van der Waals surface area (Å²) in [5, 5.41) is 0. The van der Waals surface area contributed by atoms with Crippen LogP contribution in [0.1, 0.15) is 48.7 Å². The van der Waals surface area contributed by atoms with Crippen LogP contribution in [0.2, 0.25) is 0 Å². The fourth-order valence-corrected chi connectivity index (χ4v) is 3.50. The number of nitrogens with zero attached hydrogens (tertiary/aromatic N) is 2. The number of aromatic nitrogens is 2. The molecule has 3 rings (SSSR count). The van der Waals surface area contributed by atoms with Crippen LogP contribution < -0.4 is 5.56 Å². The van der Waals surface area contributed by atoms with Gasteiger partial charge in [0.2, 0.25) is 0 Å². The van der Waals surface area contributed by atoms with Crippen LogP contribution in [-0.4, -0.2) is 34.5 Å². The largest absolute Gasteiger partial charge is 0.311 e. The van der Waals surface area contributed by atoms with Gasteiger partial charge in [-0.05, 0) is 44.3 Å². The predicted molar refractivity (Wildman–Crippen MR) is 92.9 cm³/mol. The van der Waals surface area contributed by atoms with Gasteiger partial charge >= 0.3 is 0 Å². The van der Waals surface area contributed by atoms with Gasteiger partial charge in [-0.25, -0.2) is 4.98 Å². The van der Waals surface area contributed by atoms with E-state index in [4.69, 9.17) is 0 Å². The van der Waals surface area contributed by atoms with E-state index < -0.39 is 0 Å². The van der Waals surface area contributed by atoms with Crippen LogP contribution in [0.5, 0.6) is 0 Å². The molecule has 122 valence electrons. The van der Waals surface area contributed by atoms with Crippen LogP contribution >= 0.6 is 0 Å². The van der Waals surface area contributed by atoms with Crippen LogP contribution in [0.15, 0.2) is 41.2 Å². The molecule has 1 fully saturated rings. The fraction of sp³-hybridized carbons (Fsp3) is 0.474. The fourth-order valence-electron chi connectivity index (χ4n) is 3.50. The summed E-state index contributed by atoms with van der Waals surface area (Å²) >= 11 is 0. The second-order valence-corrected chi connectivity index (χ2v) is 6.64. The van der Waals surface area contributed by atoms with Gasteiger partial charge in [0.15, 0.2) is 0 Å². The van der Waals surface area contributed by atoms with Gasteiger partial charge in [-0.15, -0.1) is 0 Å². The third-order valence-corrected chi connectivity index (χ3v) is 4.79. The SMILES string of the molecule is Cc1nc(C2CCN(C[C@H](C)c3ccccc3)CC2)cc(=O)[nH]1. The first kappa shape index (κ1) is 15.9. The smallest absolute Gasteiger partial charge is 0.251 e. The number of aryl methyl sites for hydroxylation is 1. The molecule has 1 saturated heterocycles. The average molecular weight is 311 g/mol. The molecular weight excluding hydrogens is 286 g/mol. The highest BCUT2D eigenvalue weighted by Crippen LogP contribution is 2.27. The van der Waals surface area contributed by atoms with Gasteiger partial charge in [-0.2, -0.15) is 0 Å². The number of nitrogens with one attached hydrogen (secondary N) is 1. The summed E-state index contributed by atoms with van der Waals surface area (Å²) < 4.78 is 0. The van der Waals surface area contributed by atoms with Crippen molar-refractivity contribution in [1.29, 1.82) is 0 Å². The molecule has 0 amide bonds. The molecule has 0 spiro atoms. The van der Waals surface area contributed by atoms with Gasteiger partial charge in [0, 0.05) is 18.5 Å². The topological polar surface area (TPSA) is 49.0 Å². The number of hydrogen-bond acceptors (Lipinski definition) is 3. The summed E-state index contributed by atoms with van der Waals surface area (Å²) in [5.41, 5.74) is 2.33. The van der Waals surface area contributed by atoms with E-state index in [0.29, 0.717) is 17.7 Å². The number of H-pyrrole nitrogens is 1. The molecule has 0 radical (unpaired) electrons. The zero-order valence-electron chi connectivity index (χ0n) is 14.0. The van der Waals surface area contributed by atoms with Gasteiger partial charge in [-0.3, -0.25) is 4.79 Å². The lowest BCUT2D eigenvalue weighted by Crippen LogP contribution is -2.36. The quantitative estimate of drug-likeness (QED) is 0.944. The summed E-state index contributed by atoms with van der Waals surface area (Å²) in [6.45, 7) is 7.40. The lowest BCUT2D eigenvalue weighted by atomic mass is 9.92. The maximum atomic E-state index is 11.6. The summed E-state index contributed by atoms with van der Waals surface area (Å²) in [6, 6.07) is 12.4. The van der Waals surface area contributed by atoms with E-state index in [-0.39, 0.29) is 5.56 Å². The Kier molecular flexibility index (Phi) is 4.91. The van der Waals surface area contributed by atoms with Crippen molar-refractivity contribution >= 4 is 0 Å². The Hall–Kier alpha value is -1.94. The van der Waals surface area contributed by atoms with Crippen molar-refractivity contribution in [3.8, 4) is 0 Å². The minimum atomic E-state index is -0.0346. The molecular formula is C19H25N3O. The third kappa shape index (κ3) is 4.08. The summed E-state index contributed by atoms with van der Waals surface area (Å²) in [6.07, 6.45) is 2.16. The van der Waals surface area contributed by atoms with Gasteiger partial charge < -0.3 is 9.88 Å². The molecule has 1 N–H and O–H groups in total. The average Bonchev–Trinajstić information content (AvgIpc) is 2.55. The van der Waals surface area contributed by atoms with Crippen LogP contribution in [0.25, 0.3) is 0 Å². The number of rotatable bonds is 4.